The maximum Gasteiger partial charge on any atom is 0.343 e. The van der Waals surface area contributed by atoms with E-state index in [4.69, 9.17) is 9.47 Å². The molecule has 2 aromatic carbocycles. The number of aryl methyl sites for hydroxylation is 1. The Kier molecular flexibility index (Phi) is 4.33. The Labute approximate surface area is 139 Å². The van der Waals surface area contributed by atoms with Crippen LogP contribution >= 0.6 is 0 Å². The first kappa shape index (κ1) is 15.8. The molecule has 0 fully saturated rings. The fourth-order valence-corrected chi connectivity index (χ4v) is 2.37. The van der Waals surface area contributed by atoms with Crippen LogP contribution in [0, 0.1) is 6.92 Å². The summed E-state index contributed by atoms with van der Waals surface area (Å²) in [7, 11) is 1.29. The van der Waals surface area contributed by atoms with Crippen molar-refractivity contribution in [3.63, 3.8) is 0 Å². The van der Waals surface area contributed by atoms with Gasteiger partial charge in [0.15, 0.2) is 12.4 Å². The highest BCUT2D eigenvalue weighted by Gasteiger charge is 2.27. The summed E-state index contributed by atoms with van der Waals surface area (Å²) in [6.07, 6.45) is 1.71. The number of carbonyl (C=O) groups is 2. The number of rotatable bonds is 4. The Hall–Kier alpha value is -3.08. The molecule has 0 N–H and O–H groups in total. The zero-order valence-electron chi connectivity index (χ0n) is 13.4. The van der Waals surface area contributed by atoms with Crippen LogP contribution in [0.15, 0.2) is 48.2 Å². The maximum atomic E-state index is 12.4. The highest BCUT2D eigenvalue weighted by Crippen LogP contribution is 2.34. The summed E-state index contributed by atoms with van der Waals surface area (Å²) in [5.41, 5.74) is 2.47. The molecule has 0 saturated heterocycles. The van der Waals surface area contributed by atoms with Gasteiger partial charge in [0, 0.05) is 6.07 Å². The predicted molar refractivity (Wildman–Crippen MR) is 88.1 cm³/mol. The lowest BCUT2D eigenvalue weighted by molar-refractivity contribution is -0.142. The molecule has 122 valence electrons. The second-order valence-electron chi connectivity index (χ2n) is 5.38. The van der Waals surface area contributed by atoms with E-state index in [1.165, 1.54) is 7.11 Å². The number of Topliss-reactive ketones (excluding diaryl/α,β-unsaturated/α-hetero) is 1. The van der Waals surface area contributed by atoms with Crippen LogP contribution in [0.4, 0.5) is 0 Å². The average molecular weight is 324 g/mol. The SMILES string of the molecule is COC(=O)COc1ccc2c(c1)OC(=Cc1cccc(C)c1)C2=O. The van der Waals surface area contributed by atoms with Gasteiger partial charge in [-0.2, -0.15) is 0 Å². The van der Waals surface area contributed by atoms with Crippen molar-refractivity contribution in [2.24, 2.45) is 0 Å². The van der Waals surface area contributed by atoms with E-state index in [9.17, 15) is 9.59 Å². The fraction of sp³-hybridized carbons (Fsp3) is 0.158. The molecule has 0 atom stereocenters. The molecule has 0 radical (unpaired) electrons. The van der Waals surface area contributed by atoms with E-state index in [-0.39, 0.29) is 18.1 Å². The van der Waals surface area contributed by atoms with Gasteiger partial charge < -0.3 is 14.2 Å². The Morgan fingerprint density at radius 3 is 2.79 bits per heavy atom. The predicted octanol–water partition coefficient (Wildman–Crippen LogP) is 3.16. The molecule has 1 aliphatic heterocycles. The van der Waals surface area contributed by atoms with Gasteiger partial charge in [-0.15, -0.1) is 0 Å². The van der Waals surface area contributed by atoms with E-state index in [0.29, 0.717) is 17.1 Å². The molecule has 5 nitrogen and oxygen atoms in total. The first-order chi connectivity index (χ1) is 11.6. The van der Waals surface area contributed by atoms with Crippen molar-refractivity contribution >= 4 is 17.8 Å². The summed E-state index contributed by atoms with van der Waals surface area (Å²) in [4.78, 5) is 23.5. The number of methoxy groups -OCH3 is 1. The van der Waals surface area contributed by atoms with Crippen LogP contribution in [0.2, 0.25) is 0 Å². The van der Waals surface area contributed by atoms with Crippen molar-refractivity contribution in [2.75, 3.05) is 13.7 Å². The van der Waals surface area contributed by atoms with E-state index < -0.39 is 5.97 Å². The third kappa shape index (κ3) is 3.30. The Bertz CT molecular complexity index is 835. The Morgan fingerprint density at radius 1 is 1.21 bits per heavy atom. The summed E-state index contributed by atoms with van der Waals surface area (Å²) in [6, 6.07) is 12.6. The van der Waals surface area contributed by atoms with Gasteiger partial charge in [0.25, 0.3) is 0 Å². The standard InChI is InChI=1S/C19H16O5/c1-12-4-3-5-13(8-12)9-17-19(21)15-7-6-14(10-16(15)24-17)23-11-18(20)22-2/h3-10H,11H2,1-2H3. The van der Waals surface area contributed by atoms with Gasteiger partial charge in [0.1, 0.15) is 11.5 Å². The van der Waals surface area contributed by atoms with Crippen molar-refractivity contribution in [2.45, 2.75) is 6.92 Å². The van der Waals surface area contributed by atoms with Crippen LogP contribution in [-0.2, 0) is 9.53 Å². The number of benzene rings is 2. The monoisotopic (exact) mass is 324 g/mol. The zero-order valence-corrected chi connectivity index (χ0v) is 13.4. The first-order valence-corrected chi connectivity index (χ1v) is 7.41. The molecule has 2 aromatic rings. The van der Waals surface area contributed by atoms with Crippen LogP contribution in [0.3, 0.4) is 0 Å². The number of allylic oxidation sites excluding steroid dienone is 1. The zero-order chi connectivity index (χ0) is 17.1. The van der Waals surface area contributed by atoms with Crippen LogP contribution in [-0.4, -0.2) is 25.5 Å². The number of hydrogen-bond acceptors (Lipinski definition) is 5. The van der Waals surface area contributed by atoms with Crippen LogP contribution in [0.5, 0.6) is 11.5 Å². The molecule has 0 aliphatic carbocycles. The van der Waals surface area contributed by atoms with Gasteiger partial charge in [-0.3, -0.25) is 4.79 Å². The molecule has 0 amide bonds. The number of carbonyl (C=O) groups excluding carboxylic acids is 2. The number of ketones is 1. The molecular formula is C19H16O5. The Balaban J connectivity index is 1.81. The van der Waals surface area contributed by atoms with Crippen molar-refractivity contribution in [1.29, 1.82) is 0 Å². The topological polar surface area (TPSA) is 61.8 Å². The highest BCUT2D eigenvalue weighted by molar-refractivity contribution is 6.14. The minimum absolute atomic E-state index is 0.175. The van der Waals surface area contributed by atoms with E-state index in [0.717, 1.165) is 11.1 Å². The minimum Gasteiger partial charge on any atom is -0.482 e. The minimum atomic E-state index is -0.479. The summed E-state index contributed by atoms with van der Waals surface area (Å²) < 4.78 is 15.5. The van der Waals surface area contributed by atoms with Gasteiger partial charge in [-0.1, -0.05) is 29.8 Å². The molecule has 0 aromatic heterocycles. The number of esters is 1. The summed E-state index contributed by atoms with van der Waals surface area (Å²) in [5, 5.41) is 0. The largest absolute Gasteiger partial charge is 0.482 e. The van der Waals surface area contributed by atoms with E-state index in [1.807, 2.05) is 31.2 Å². The second-order valence-corrected chi connectivity index (χ2v) is 5.38. The molecule has 5 heteroatoms. The van der Waals surface area contributed by atoms with E-state index in [2.05, 4.69) is 4.74 Å². The van der Waals surface area contributed by atoms with Gasteiger partial charge in [0.2, 0.25) is 5.78 Å². The van der Waals surface area contributed by atoms with Gasteiger partial charge in [-0.25, -0.2) is 4.79 Å². The van der Waals surface area contributed by atoms with Crippen LogP contribution in [0.25, 0.3) is 6.08 Å². The number of ether oxygens (including phenoxy) is 3. The molecule has 3 rings (SSSR count). The first-order valence-electron chi connectivity index (χ1n) is 7.41. The lowest BCUT2D eigenvalue weighted by Crippen LogP contribution is -2.12. The highest BCUT2D eigenvalue weighted by atomic mass is 16.6. The molecule has 0 spiro atoms. The molecular weight excluding hydrogens is 308 g/mol. The van der Waals surface area contributed by atoms with Gasteiger partial charge in [0.05, 0.1) is 12.7 Å². The molecule has 1 aliphatic rings. The molecule has 1 heterocycles. The fourth-order valence-electron chi connectivity index (χ4n) is 2.37. The van der Waals surface area contributed by atoms with Crippen molar-refractivity contribution in [3.8, 4) is 11.5 Å². The molecule has 0 unspecified atom stereocenters. The van der Waals surface area contributed by atoms with Crippen LogP contribution < -0.4 is 9.47 Å². The molecule has 0 bridgehead atoms. The van der Waals surface area contributed by atoms with Gasteiger partial charge >= 0.3 is 5.97 Å². The van der Waals surface area contributed by atoms with E-state index >= 15 is 0 Å². The normalized spacial score (nSPS) is 14.2. The number of fused-ring (bicyclic) bond motifs is 1. The summed E-state index contributed by atoms with van der Waals surface area (Å²) >= 11 is 0. The van der Waals surface area contributed by atoms with Crippen LogP contribution in [0.1, 0.15) is 21.5 Å². The third-order valence-corrected chi connectivity index (χ3v) is 3.57. The Morgan fingerprint density at radius 2 is 2.04 bits per heavy atom. The van der Waals surface area contributed by atoms with E-state index in [1.54, 1.807) is 24.3 Å². The molecule has 0 saturated carbocycles. The summed E-state index contributed by atoms with van der Waals surface area (Å²) in [5.74, 6) is 0.462. The average Bonchev–Trinajstić information content (AvgIpc) is 2.88. The summed E-state index contributed by atoms with van der Waals surface area (Å²) in [6.45, 7) is 1.79. The third-order valence-electron chi connectivity index (χ3n) is 3.57. The lowest BCUT2D eigenvalue weighted by Gasteiger charge is -2.05. The lowest BCUT2D eigenvalue weighted by atomic mass is 10.1. The van der Waals surface area contributed by atoms with Gasteiger partial charge in [-0.05, 0) is 30.7 Å². The van der Waals surface area contributed by atoms with Crippen molar-refractivity contribution < 1.29 is 23.8 Å². The smallest absolute Gasteiger partial charge is 0.343 e. The van der Waals surface area contributed by atoms with Crippen molar-refractivity contribution in [1.82, 2.24) is 0 Å². The number of hydrogen-bond donors (Lipinski definition) is 0. The van der Waals surface area contributed by atoms with Crippen molar-refractivity contribution in [3.05, 3.63) is 64.9 Å². The second kappa shape index (κ2) is 6.58. The quantitative estimate of drug-likeness (QED) is 0.638. The maximum absolute atomic E-state index is 12.4. The molecule has 24 heavy (non-hydrogen) atoms.